The number of hydrogen-bond acceptors (Lipinski definition) is 2. The first kappa shape index (κ1) is 12.0. The van der Waals surface area contributed by atoms with E-state index in [1.165, 1.54) is 43.2 Å². The molecule has 1 N–H and O–H groups in total. The Balaban J connectivity index is 1.68. The molecule has 1 aromatic carbocycles. The van der Waals surface area contributed by atoms with E-state index in [0.717, 1.165) is 5.75 Å². The van der Waals surface area contributed by atoms with Gasteiger partial charge in [-0.05, 0) is 62.8 Å². The zero-order valence-electron chi connectivity index (χ0n) is 11.4. The number of rotatable bonds is 2. The van der Waals surface area contributed by atoms with Crippen molar-refractivity contribution in [2.45, 2.75) is 64.1 Å². The number of nitrogens with one attached hydrogen (secondary N) is 1. The number of aryl methyl sites for hydroxylation is 2. The lowest BCUT2D eigenvalue weighted by molar-refractivity contribution is 0.0926. The predicted molar refractivity (Wildman–Crippen MR) is 74.1 cm³/mol. The summed E-state index contributed by atoms with van der Waals surface area (Å²) in [5.74, 6) is 1.05. The molecule has 2 heteroatoms. The molecule has 98 valence electrons. The Morgan fingerprint density at radius 3 is 2.22 bits per heavy atom. The summed E-state index contributed by atoms with van der Waals surface area (Å²) in [6, 6.07) is 7.89. The molecular formula is C16H23NO. The van der Waals surface area contributed by atoms with Crippen molar-refractivity contribution in [1.82, 2.24) is 5.32 Å². The quantitative estimate of drug-likeness (QED) is 0.862. The van der Waals surface area contributed by atoms with Crippen LogP contribution in [0, 0.1) is 13.8 Å². The molecule has 1 aromatic rings. The molecule has 2 fully saturated rings. The fraction of sp³-hybridized carbons (Fsp3) is 0.625. The van der Waals surface area contributed by atoms with Crippen LogP contribution in [-0.4, -0.2) is 18.2 Å². The van der Waals surface area contributed by atoms with Crippen molar-refractivity contribution in [3.63, 3.8) is 0 Å². The van der Waals surface area contributed by atoms with Crippen LogP contribution in [0.3, 0.4) is 0 Å². The van der Waals surface area contributed by atoms with Gasteiger partial charge in [-0.15, -0.1) is 0 Å². The highest BCUT2D eigenvalue weighted by atomic mass is 16.5. The third-order valence-corrected chi connectivity index (χ3v) is 4.17. The van der Waals surface area contributed by atoms with Gasteiger partial charge in [-0.2, -0.15) is 0 Å². The molecule has 0 unspecified atom stereocenters. The van der Waals surface area contributed by atoms with Crippen molar-refractivity contribution < 1.29 is 4.74 Å². The van der Waals surface area contributed by atoms with Crippen LogP contribution in [0.15, 0.2) is 18.2 Å². The van der Waals surface area contributed by atoms with Gasteiger partial charge in [0, 0.05) is 12.1 Å². The van der Waals surface area contributed by atoms with Gasteiger partial charge in [-0.25, -0.2) is 0 Å². The first-order chi connectivity index (χ1) is 8.69. The van der Waals surface area contributed by atoms with Crippen molar-refractivity contribution in [2.24, 2.45) is 0 Å². The van der Waals surface area contributed by atoms with E-state index >= 15 is 0 Å². The molecule has 0 aliphatic carbocycles. The lowest BCUT2D eigenvalue weighted by atomic mass is 9.85. The molecule has 3 atom stereocenters. The van der Waals surface area contributed by atoms with E-state index in [0.29, 0.717) is 18.2 Å². The summed E-state index contributed by atoms with van der Waals surface area (Å²) in [4.78, 5) is 0. The highest BCUT2D eigenvalue weighted by molar-refractivity contribution is 5.33. The fourth-order valence-electron chi connectivity index (χ4n) is 3.50. The van der Waals surface area contributed by atoms with Crippen molar-refractivity contribution in [2.75, 3.05) is 0 Å². The van der Waals surface area contributed by atoms with Gasteiger partial charge in [0.25, 0.3) is 0 Å². The van der Waals surface area contributed by atoms with Crippen LogP contribution in [-0.2, 0) is 0 Å². The molecule has 0 saturated carbocycles. The Morgan fingerprint density at radius 1 is 1.00 bits per heavy atom. The summed E-state index contributed by atoms with van der Waals surface area (Å²) in [6.45, 7) is 4.27. The zero-order valence-corrected chi connectivity index (χ0v) is 11.4. The minimum absolute atomic E-state index is 0.405. The zero-order chi connectivity index (χ0) is 12.5. The predicted octanol–water partition coefficient (Wildman–Crippen LogP) is 3.36. The summed E-state index contributed by atoms with van der Waals surface area (Å²) in [7, 11) is 0. The van der Waals surface area contributed by atoms with E-state index in [1.54, 1.807) is 0 Å². The molecule has 0 radical (unpaired) electrons. The average molecular weight is 245 g/mol. The SMILES string of the molecule is Cc1cc(C)cc(O[C@@H]2C[C@H]3CCC[C@@H](C2)N3)c1. The molecule has 0 amide bonds. The number of fused-ring (bicyclic) bond motifs is 2. The van der Waals surface area contributed by atoms with E-state index in [2.05, 4.69) is 37.4 Å². The van der Waals surface area contributed by atoms with Gasteiger partial charge in [-0.3, -0.25) is 0 Å². The average Bonchev–Trinajstić information content (AvgIpc) is 2.26. The smallest absolute Gasteiger partial charge is 0.120 e. The van der Waals surface area contributed by atoms with Crippen LogP contribution in [0.25, 0.3) is 0 Å². The Morgan fingerprint density at radius 2 is 1.61 bits per heavy atom. The molecule has 2 saturated heterocycles. The summed E-state index contributed by atoms with van der Waals surface area (Å²) in [5.41, 5.74) is 2.58. The molecule has 3 rings (SSSR count). The molecule has 0 aromatic heterocycles. The van der Waals surface area contributed by atoms with Crippen LogP contribution in [0.2, 0.25) is 0 Å². The van der Waals surface area contributed by atoms with Gasteiger partial charge in [0.2, 0.25) is 0 Å². The van der Waals surface area contributed by atoms with Crippen LogP contribution < -0.4 is 10.1 Å². The van der Waals surface area contributed by atoms with Crippen molar-refractivity contribution in [1.29, 1.82) is 0 Å². The molecule has 2 aliphatic heterocycles. The maximum Gasteiger partial charge on any atom is 0.120 e. The third kappa shape index (κ3) is 2.69. The van der Waals surface area contributed by atoms with Gasteiger partial charge in [0.1, 0.15) is 11.9 Å². The second kappa shape index (κ2) is 4.93. The first-order valence-electron chi connectivity index (χ1n) is 7.20. The van der Waals surface area contributed by atoms with Crippen LogP contribution in [0.4, 0.5) is 0 Å². The normalized spacial score (nSPS) is 31.1. The van der Waals surface area contributed by atoms with E-state index < -0.39 is 0 Å². The Kier molecular flexibility index (Phi) is 3.29. The monoisotopic (exact) mass is 245 g/mol. The fourth-order valence-corrected chi connectivity index (χ4v) is 3.50. The number of ether oxygens (including phenoxy) is 1. The van der Waals surface area contributed by atoms with E-state index in [9.17, 15) is 0 Å². The lowest BCUT2D eigenvalue weighted by Gasteiger charge is -2.40. The lowest BCUT2D eigenvalue weighted by Crippen LogP contribution is -2.51. The first-order valence-corrected chi connectivity index (χ1v) is 7.20. The van der Waals surface area contributed by atoms with Gasteiger partial charge in [-0.1, -0.05) is 12.5 Å². The van der Waals surface area contributed by atoms with Crippen LogP contribution >= 0.6 is 0 Å². The number of hydrogen-bond donors (Lipinski definition) is 1. The van der Waals surface area contributed by atoms with Crippen LogP contribution in [0.5, 0.6) is 5.75 Å². The number of piperidine rings is 2. The van der Waals surface area contributed by atoms with E-state index in [1.807, 2.05) is 0 Å². The third-order valence-electron chi connectivity index (χ3n) is 4.17. The molecule has 0 spiro atoms. The van der Waals surface area contributed by atoms with Crippen LogP contribution in [0.1, 0.15) is 43.2 Å². The topological polar surface area (TPSA) is 21.3 Å². The second-order valence-corrected chi connectivity index (χ2v) is 6.03. The standard InChI is InChI=1S/C16H23NO/c1-11-6-12(2)8-15(7-11)18-16-9-13-4-3-5-14(10-16)17-13/h6-8,13-14,16-17H,3-5,9-10H2,1-2H3/t13-,14+,16-. The summed E-state index contributed by atoms with van der Waals surface area (Å²) >= 11 is 0. The van der Waals surface area contributed by atoms with Gasteiger partial charge < -0.3 is 10.1 Å². The van der Waals surface area contributed by atoms with Gasteiger partial charge in [0.05, 0.1) is 0 Å². The van der Waals surface area contributed by atoms with Crippen molar-refractivity contribution in [3.05, 3.63) is 29.3 Å². The van der Waals surface area contributed by atoms with Gasteiger partial charge in [0.15, 0.2) is 0 Å². The van der Waals surface area contributed by atoms with E-state index in [4.69, 9.17) is 4.74 Å². The minimum atomic E-state index is 0.405. The maximum atomic E-state index is 6.21. The summed E-state index contributed by atoms with van der Waals surface area (Å²) in [5, 5.41) is 3.71. The largest absolute Gasteiger partial charge is 0.490 e. The van der Waals surface area contributed by atoms with Crippen molar-refractivity contribution >= 4 is 0 Å². The highest BCUT2D eigenvalue weighted by Gasteiger charge is 2.32. The molecular weight excluding hydrogens is 222 g/mol. The Labute approximate surface area is 110 Å². The second-order valence-electron chi connectivity index (χ2n) is 6.03. The molecule has 2 heterocycles. The Hall–Kier alpha value is -1.02. The number of benzene rings is 1. The van der Waals surface area contributed by atoms with Crippen molar-refractivity contribution in [3.8, 4) is 5.75 Å². The van der Waals surface area contributed by atoms with Gasteiger partial charge >= 0.3 is 0 Å². The molecule has 18 heavy (non-hydrogen) atoms. The minimum Gasteiger partial charge on any atom is -0.490 e. The highest BCUT2D eigenvalue weighted by Crippen LogP contribution is 2.29. The van der Waals surface area contributed by atoms with E-state index in [-0.39, 0.29) is 0 Å². The molecule has 2 bridgehead atoms. The molecule has 2 nitrogen and oxygen atoms in total. The summed E-state index contributed by atoms with van der Waals surface area (Å²) in [6.07, 6.45) is 6.78. The maximum absolute atomic E-state index is 6.21. The molecule has 2 aliphatic rings. The Bertz CT molecular complexity index is 397. The summed E-state index contributed by atoms with van der Waals surface area (Å²) < 4.78 is 6.21.